The molecule has 3 aromatic rings. The highest BCUT2D eigenvalue weighted by Gasteiger charge is 2.23. The molecule has 0 aliphatic rings. The van der Waals surface area contributed by atoms with Crippen LogP contribution in [0.2, 0.25) is 0 Å². The number of benzene rings is 1. The molecule has 0 fully saturated rings. The highest BCUT2D eigenvalue weighted by Crippen LogP contribution is 2.36. The standard InChI is InChI=1S/C17H17N3O2S/c1-10(2)14(17(21)22)20-15-13-12(11-6-4-3-5-7-11)8-23-16(13)19-9-18-15/h3-10,14H,1-2H3,(H,21,22)(H,18,19,20)/t14-/m1/s1. The van der Waals surface area contributed by atoms with E-state index >= 15 is 0 Å². The third-order valence-electron chi connectivity index (χ3n) is 3.68. The Bertz CT molecular complexity index is 830. The molecule has 0 saturated heterocycles. The van der Waals surface area contributed by atoms with Crippen LogP contribution in [0.25, 0.3) is 21.3 Å². The topological polar surface area (TPSA) is 75.1 Å². The molecule has 2 aromatic heterocycles. The zero-order valence-electron chi connectivity index (χ0n) is 12.9. The van der Waals surface area contributed by atoms with E-state index in [9.17, 15) is 9.90 Å². The number of nitrogens with zero attached hydrogens (tertiary/aromatic N) is 2. The lowest BCUT2D eigenvalue weighted by molar-refractivity contribution is -0.138. The number of aliphatic carboxylic acids is 1. The SMILES string of the molecule is CC(C)[C@@H](Nc1ncnc2scc(-c3ccccc3)c12)C(=O)O. The molecule has 6 heteroatoms. The molecule has 1 aromatic carbocycles. The van der Waals surface area contributed by atoms with Crippen LogP contribution >= 0.6 is 11.3 Å². The maximum absolute atomic E-state index is 11.5. The molecule has 0 saturated carbocycles. The van der Waals surface area contributed by atoms with Gasteiger partial charge in [-0.05, 0) is 11.5 Å². The average molecular weight is 327 g/mol. The summed E-state index contributed by atoms with van der Waals surface area (Å²) < 4.78 is 0. The molecule has 23 heavy (non-hydrogen) atoms. The quantitative estimate of drug-likeness (QED) is 0.744. The number of hydrogen-bond acceptors (Lipinski definition) is 5. The lowest BCUT2D eigenvalue weighted by atomic mass is 10.0. The lowest BCUT2D eigenvalue weighted by Gasteiger charge is -2.19. The van der Waals surface area contributed by atoms with Gasteiger partial charge < -0.3 is 10.4 Å². The number of carbonyl (C=O) groups is 1. The van der Waals surface area contributed by atoms with E-state index in [1.807, 2.05) is 49.6 Å². The van der Waals surface area contributed by atoms with Crippen LogP contribution in [-0.2, 0) is 4.79 Å². The van der Waals surface area contributed by atoms with E-state index < -0.39 is 12.0 Å². The predicted molar refractivity (Wildman–Crippen MR) is 92.7 cm³/mol. The minimum absolute atomic E-state index is 0.0590. The molecule has 1 atom stereocenters. The van der Waals surface area contributed by atoms with E-state index in [0.29, 0.717) is 5.82 Å². The van der Waals surface area contributed by atoms with Gasteiger partial charge >= 0.3 is 5.97 Å². The second-order valence-corrected chi connectivity index (χ2v) is 6.48. The summed E-state index contributed by atoms with van der Waals surface area (Å²) >= 11 is 1.53. The Morgan fingerprint density at radius 3 is 2.61 bits per heavy atom. The van der Waals surface area contributed by atoms with E-state index in [2.05, 4.69) is 15.3 Å². The van der Waals surface area contributed by atoms with E-state index in [0.717, 1.165) is 21.3 Å². The third-order valence-corrected chi connectivity index (χ3v) is 4.57. The first kappa shape index (κ1) is 15.4. The molecule has 0 unspecified atom stereocenters. The second-order valence-electron chi connectivity index (χ2n) is 5.62. The Morgan fingerprint density at radius 2 is 1.96 bits per heavy atom. The summed E-state index contributed by atoms with van der Waals surface area (Å²) in [7, 11) is 0. The van der Waals surface area contributed by atoms with Crippen LogP contribution in [0, 0.1) is 5.92 Å². The number of rotatable bonds is 5. The predicted octanol–water partition coefficient (Wildman–Crippen LogP) is 3.88. The van der Waals surface area contributed by atoms with E-state index in [1.165, 1.54) is 17.7 Å². The number of thiophene rings is 1. The van der Waals surface area contributed by atoms with Crippen LogP contribution in [0.5, 0.6) is 0 Å². The highest BCUT2D eigenvalue weighted by molar-refractivity contribution is 7.17. The van der Waals surface area contributed by atoms with Gasteiger partial charge in [0, 0.05) is 10.9 Å². The maximum atomic E-state index is 11.5. The fourth-order valence-corrected chi connectivity index (χ4v) is 3.39. The number of hydrogen-bond donors (Lipinski definition) is 2. The summed E-state index contributed by atoms with van der Waals surface area (Å²) in [4.78, 5) is 20.9. The maximum Gasteiger partial charge on any atom is 0.326 e. The first-order chi connectivity index (χ1) is 11.1. The summed E-state index contributed by atoms with van der Waals surface area (Å²) in [6.07, 6.45) is 1.47. The van der Waals surface area contributed by atoms with Crippen molar-refractivity contribution in [2.75, 3.05) is 5.32 Å². The zero-order valence-corrected chi connectivity index (χ0v) is 13.7. The Labute approximate surface area is 138 Å². The van der Waals surface area contributed by atoms with Crippen molar-refractivity contribution in [1.29, 1.82) is 0 Å². The van der Waals surface area contributed by atoms with Crippen LogP contribution in [0.15, 0.2) is 42.0 Å². The van der Waals surface area contributed by atoms with Gasteiger partial charge in [0.05, 0.1) is 5.39 Å². The fourth-order valence-electron chi connectivity index (χ4n) is 2.48. The lowest BCUT2D eigenvalue weighted by Crippen LogP contribution is -2.34. The number of anilines is 1. The first-order valence-corrected chi connectivity index (χ1v) is 8.23. The minimum atomic E-state index is -0.886. The summed E-state index contributed by atoms with van der Waals surface area (Å²) in [6.45, 7) is 3.74. The van der Waals surface area contributed by atoms with Gasteiger partial charge in [-0.1, -0.05) is 44.2 Å². The van der Waals surface area contributed by atoms with Crippen LogP contribution in [0.3, 0.4) is 0 Å². The first-order valence-electron chi connectivity index (χ1n) is 7.35. The van der Waals surface area contributed by atoms with Gasteiger partial charge in [0.1, 0.15) is 23.0 Å². The van der Waals surface area contributed by atoms with E-state index in [1.54, 1.807) is 0 Å². The molecule has 0 aliphatic heterocycles. The zero-order chi connectivity index (χ0) is 16.4. The number of fused-ring (bicyclic) bond motifs is 1. The van der Waals surface area contributed by atoms with Crippen molar-refractivity contribution in [3.63, 3.8) is 0 Å². The minimum Gasteiger partial charge on any atom is -0.480 e. The Kier molecular flexibility index (Phi) is 4.25. The van der Waals surface area contributed by atoms with Crippen molar-refractivity contribution in [2.24, 2.45) is 5.92 Å². The molecule has 0 bridgehead atoms. The monoisotopic (exact) mass is 327 g/mol. The summed E-state index contributed by atoms with van der Waals surface area (Å²) in [5.41, 5.74) is 2.08. The molecule has 0 spiro atoms. The molecular weight excluding hydrogens is 310 g/mol. The Balaban J connectivity index is 2.11. The molecule has 5 nitrogen and oxygen atoms in total. The number of carboxylic acids is 1. The van der Waals surface area contributed by atoms with Gasteiger partial charge in [0.25, 0.3) is 0 Å². The molecule has 2 N–H and O–H groups in total. The van der Waals surface area contributed by atoms with Gasteiger partial charge in [-0.3, -0.25) is 0 Å². The van der Waals surface area contributed by atoms with Crippen molar-refractivity contribution >= 4 is 33.3 Å². The van der Waals surface area contributed by atoms with Gasteiger partial charge in [0.15, 0.2) is 0 Å². The Morgan fingerprint density at radius 1 is 1.22 bits per heavy atom. The number of carboxylic acid groups (broad SMARTS) is 1. The van der Waals surface area contributed by atoms with Crippen molar-refractivity contribution in [3.05, 3.63) is 42.0 Å². The van der Waals surface area contributed by atoms with Gasteiger partial charge in [-0.15, -0.1) is 11.3 Å². The third kappa shape index (κ3) is 3.03. The van der Waals surface area contributed by atoms with E-state index in [4.69, 9.17) is 0 Å². The molecule has 3 rings (SSSR count). The van der Waals surface area contributed by atoms with Crippen molar-refractivity contribution in [3.8, 4) is 11.1 Å². The Hall–Kier alpha value is -2.47. The number of nitrogens with one attached hydrogen (secondary N) is 1. The number of aromatic nitrogens is 2. The summed E-state index contributed by atoms with van der Waals surface area (Å²) in [6, 6.07) is 9.27. The van der Waals surface area contributed by atoms with Crippen LogP contribution in [0.4, 0.5) is 5.82 Å². The van der Waals surface area contributed by atoms with Crippen LogP contribution < -0.4 is 5.32 Å². The molecular formula is C17H17N3O2S. The summed E-state index contributed by atoms with van der Waals surface area (Å²) in [5.74, 6) is -0.379. The van der Waals surface area contributed by atoms with Crippen LogP contribution in [-0.4, -0.2) is 27.1 Å². The van der Waals surface area contributed by atoms with Gasteiger partial charge in [-0.2, -0.15) is 0 Å². The molecule has 0 aliphatic carbocycles. The van der Waals surface area contributed by atoms with Gasteiger partial charge in [0.2, 0.25) is 0 Å². The molecule has 0 amide bonds. The largest absolute Gasteiger partial charge is 0.480 e. The van der Waals surface area contributed by atoms with Crippen molar-refractivity contribution in [2.45, 2.75) is 19.9 Å². The molecule has 118 valence electrons. The van der Waals surface area contributed by atoms with Crippen LogP contribution in [0.1, 0.15) is 13.8 Å². The van der Waals surface area contributed by atoms with Crippen molar-refractivity contribution < 1.29 is 9.90 Å². The second kappa shape index (κ2) is 6.34. The molecule has 2 heterocycles. The highest BCUT2D eigenvalue weighted by atomic mass is 32.1. The van der Waals surface area contributed by atoms with Crippen molar-refractivity contribution in [1.82, 2.24) is 9.97 Å². The molecule has 0 radical (unpaired) electrons. The van der Waals surface area contributed by atoms with E-state index in [-0.39, 0.29) is 5.92 Å². The smallest absolute Gasteiger partial charge is 0.326 e. The van der Waals surface area contributed by atoms with Gasteiger partial charge in [-0.25, -0.2) is 14.8 Å². The average Bonchev–Trinajstić information content (AvgIpc) is 2.97. The fraction of sp³-hybridized carbons (Fsp3) is 0.235. The normalized spacial score (nSPS) is 12.5. The summed E-state index contributed by atoms with van der Waals surface area (Å²) in [5, 5.41) is 15.4.